The fourth-order valence-electron chi connectivity index (χ4n) is 2.59. The molecule has 1 aromatic heterocycles. The van der Waals surface area contributed by atoms with Gasteiger partial charge in [-0.3, -0.25) is 0 Å². The maximum Gasteiger partial charge on any atom is 0.360 e. The molecular formula is C20H19O2+. The van der Waals surface area contributed by atoms with Crippen LogP contribution in [0.2, 0.25) is 0 Å². The summed E-state index contributed by atoms with van der Waals surface area (Å²) in [6.45, 7) is 4.15. The third kappa shape index (κ3) is 2.86. The van der Waals surface area contributed by atoms with Crippen LogP contribution < -0.4 is 4.74 Å². The molecule has 0 N–H and O–H groups in total. The Morgan fingerprint density at radius 3 is 2.50 bits per heavy atom. The van der Waals surface area contributed by atoms with Crippen LogP contribution in [0.5, 0.6) is 5.75 Å². The van der Waals surface area contributed by atoms with Crippen molar-refractivity contribution in [3.05, 3.63) is 71.5 Å². The molecule has 0 atom stereocenters. The Labute approximate surface area is 130 Å². The molecule has 0 spiro atoms. The van der Waals surface area contributed by atoms with Crippen LogP contribution >= 0.6 is 0 Å². The molecule has 0 radical (unpaired) electrons. The van der Waals surface area contributed by atoms with E-state index in [9.17, 15) is 0 Å². The number of ether oxygens (including phenoxy) is 1. The Balaban J connectivity index is 2.01. The van der Waals surface area contributed by atoms with Crippen LogP contribution in [0.1, 0.15) is 23.8 Å². The largest absolute Gasteiger partial charge is 0.497 e. The molecular weight excluding hydrogens is 272 g/mol. The summed E-state index contributed by atoms with van der Waals surface area (Å²) in [6.07, 6.45) is 2.13. The van der Waals surface area contributed by atoms with Crippen LogP contribution in [0.3, 0.4) is 0 Å². The molecule has 2 nitrogen and oxygen atoms in total. The summed E-state index contributed by atoms with van der Waals surface area (Å²) in [6, 6.07) is 18.3. The van der Waals surface area contributed by atoms with Crippen molar-refractivity contribution < 1.29 is 9.15 Å². The average molecular weight is 291 g/mol. The first kappa shape index (κ1) is 14.3. The quantitative estimate of drug-likeness (QED) is 0.586. The minimum absolute atomic E-state index is 0.862. The van der Waals surface area contributed by atoms with Gasteiger partial charge >= 0.3 is 11.3 Å². The summed E-state index contributed by atoms with van der Waals surface area (Å²) >= 11 is 0. The number of benzene rings is 2. The average Bonchev–Trinajstić information content (AvgIpc) is 2.54. The lowest BCUT2D eigenvalue weighted by atomic mass is 10.1. The fourth-order valence-corrected chi connectivity index (χ4v) is 2.59. The molecule has 22 heavy (non-hydrogen) atoms. The summed E-state index contributed by atoms with van der Waals surface area (Å²) in [7, 11) is 1.67. The predicted molar refractivity (Wildman–Crippen MR) is 91.9 cm³/mol. The Hall–Kier alpha value is -2.61. The SMILES string of the molecule is COc1ccc(/C=C(\C)c2[o+]c3ccccc3cc2C)cc1. The van der Waals surface area contributed by atoms with Gasteiger partial charge in [0.2, 0.25) is 0 Å². The van der Waals surface area contributed by atoms with E-state index >= 15 is 0 Å². The zero-order valence-electron chi connectivity index (χ0n) is 13.1. The van der Waals surface area contributed by atoms with Crippen molar-refractivity contribution in [3.8, 4) is 5.75 Å². The lowest BCUT2D eigenvalue weighted by Gasteiger charge is -2.01. The molecule has 0 bridgehead atoms. The van der Waals surface area contributed by atoms with Gasteiger partial charge in [0.15, 0.2) is 0 Å². The third-order valence-corrected chi connectivity index (χ3v) is 3.72. The van der Waals surface area contributed by atoms with Crippen molar-refractivity contribution in [2.75, 3.05) is 7.11 Å². The summed E-state index contributed by atoms with van der Waals surface area (Å²) < 4.78 is 11.3. The van der Waals surface area contributed by atoms with Gasteiger partial charge < -0.3 is 4.74 Å². The van der Waals surface area contributed by atoms with Crippen molar-refractivity contribution in [1.82, 2.24) is 0 Å². The van der Waals surface area contributed by atoms with Gasteiger partial charge in [-0.05, 0) is 49.8 Å². The molecule has 0 saturated carbocycles. The Bertz CT molecular complexity index is 830. The highest BCUT2D eigenvalue weighted by Gasteiger charge is 2.18. The number of para-hydroxylation sites is 1. The van der Waals surface area contributed by atoms with Gasteiger partial charge in [0.25, 0.3) is 0 Å². The van der Waals surface area contributed by atoms with Gasteiger partial charge in [0.05, 0.1) is 23.6 Å². The highest BCUT2D eigenvalue weighted by Crippen LogP contribution is 2.26. The first-order valence-electron chi connectivity index (χ1n) is 7.32. The molecule has 3 rings (SSSR count). The van der Waals surface area contributed by atoms with E-state index < -0.39 is 0 Å². The van der Waals surface area contributed by atoms with Gasteiger partial charge in [0.1, 0.15) is 5.75 Å². The highest BCUT2D eigenvalue weighted by atomic mass is 16.5. The summed E-state index contributed by atoms with van der Waals surface area (Å²) in [5.41, 5.74) is 4.28. The van der Waals surface area contributed by atoms with E-state index in [1.807, 2.05) is 42.5 Å². The molecule has 0 unspecified atom stereocenters. The first-order chi connectivity index (χ1) is 10.7. The normalized spacial score (nSPS) is 11.7. The molecule has 1 heterocycles. The van der Waals surface area contributed by atoms with Crippen LogP contribution in [0.15, 0.2) is 59.0 Å². The van der Waals surface area contributed by atoms with Crippen LogP contribution in [-0.2, 0) is 0 Å². The minimum atomic E-state index is 0.862. The maximum atomic E-state index is 6.08. The molecule has 0 aliphatic rings. The minimum Gasteiger partial charge on any atom is -0.497 e. The molecule has 0 saturated heterocycles. The zero-order valence-corrected chi connectivity index (χ0v) is 13.1. The van der Waals surface area contributed by atoms with E-state index in [2.05, 4.69) is 32.1 Å². The molecule has 0 fully saturated rings. The number of hydrogen-bond donors (Lipinski definition) is 0. The van der Waals surface area contributed by atoms with Gasteiger partial charge in [-0.2, -0.15) is 0 Å². The van der Waals surface area contributed by atoms with Crippen LogP contribution in [0.25, 0.3) is 22.6 Å². The van der Waals surface area contributed by atoms with Gasteiger partial charge in [0, 0.05) is 6.07 Å². The third-order valence-electron chi connectivity index (χ3n) is 3.72. The van der Waals surface area contributed by atoms with Crippen molar-refractivity contribution in [1.29, 1.82) is 0 Å². The predicted octanol–water partition coefficient (Wildman–Crippen LogP) is 5.59. The van der Waals surface area contributed by atoms with Gasteiger partial charge in [-0.15, -0.1) is 0 Å². The number of fused-ring (bicyclic) bond motifs is 1. The number of rotatable bonds is 3. The lowest BCUT2D eigenvalue weighted by Crippen LogP contribution is -1.87. The van der Waals surface area contributed by atoms with E-state index in [-0.39, 0.29) is 0 Å². The van der Waals surface area contributed by atoms with Gasteiger partial charge in [-0.25, -0.2) is 4.42 Å². The molecule has 110 valence electrons. The van der Waals surface area contributed by atoms with E-state index in [1.165, 1.54) is 0 Å². The summed E-state index contributed by atoms with van der Waals surface area (Å²) in [4.78, 5) is 0. The van der Waals surface area contributed by atoms with Crippen molar-refractivity contribution in [2.24, 2.45) is 0 Å². The zero-order chi connectivity index (χ0) is 15.5. The standard InChI is InChI=1S/C20H19O2/c1-14(12-16-8-10-18(21-3)11-9-16)20-15(2)13-17-6-4-5-7-19(17)22-20/h4-13H,1-3H3/q+1/b14-12+. The van der Waals surface area contributed by atoms with Crippen molar-refractivity contribution >= 4 is 22.6 Å². The monoisotopic (exact) mass is 291 g/mol. The Morgan fingerprint density at radius 2 is 1.77 bits per heavy atom. The second-order valence-electron chi connectivity index (χ2n) is 5.40. The lowest BCUT2D eigenvalue weighted by molar-refractivity contribution is 0.415. The topological polar surface area (TPSA) is 20.5 Å². The summed E-state index contributed by atoms with van der Waals surface area (Å²) in [5, 5.41) is 1.13. The van der Waals surface area contributed by atoms with E-state index in [0.717, 1.165) is 39.2 Å². The van der Waals surface area contributed by atoms with Crippen LogP contribution in [-0.4, -0.2) is 7.11 Å². The second-order valence-corrected chi connectivity index (χ2v) is 5.40. The molecule has 2 heteroatoms. The van der Waals surface area contributed by atoms with Crippen molar-refractivity contribution in [2.45, 2.75) is 13.8 Å². The van der Waals surface area contributed by atoms with Crippen LogP contribution in [0.4, 0.5) is 0 Å². The second kappa shape index (κ2) is 6.02. The Morgan fingerprint density at radius 1 is 1.05 bits per heavy atom. The number of aryl methyl sites for hydroxylation is 1. The number of hydrogen-bond acceptors (Lipinski definition) is 1. The molecule has 0 aliphatic carbocycles. The van der Waals surface area contributed by atoms with Crippen molar-refractivity contribution in [3.63, 3.8) is 0 Å². The Kier molecular flexibility index (Phi) is 3.92. The van der Waals surface area contributed by atoms with Crippen LogP contribution in [0, 0.1) is 6.92 Å². The smallest absolute Gasteiger partial charge is 0.360 e. The van der Waals surface area contributed by atoms with E-state index in [0.29, 0.717) is 0 Å². The van der Waals surface area contributed by atoms with E-state index in [4.69, 9.17) is 9.15 Å². The maximum absolute atomic E-state index is 6.08. The number of allylic oxidation sites excluding steroid dienone is 1. The first-order valence-corrected chi connectivity index (χ1v) is 7.32. The molecule has 0 aliphatic heterocycles. The highest BCUT2D eigenvalue weighted by molar-refractivity contribution is 5.83. The van der Waals surface area contributed by atoms with E-state index in [1.54, 1.807) is 7.11 Å². The number of methoxy groups -OCH3 is 1. The fraction of sp³-hybridized carbons (Fsp3) is 0.150. The summed E-state index contributed by atoms with van der Waals surface area (Å²) in [5.74, 6) is 1.79. The molecule has 3 aromatic rings. The molecule has 0 amide bonds. The molecule has 2 aromatic carbocycles. The van der Waals surface area contributed by atoms with Gasteiger partial charge in [-0.1, -0.05) is 24.3 Å².